The lowest BCUT2D eigenvalue weighted by molar-refractivity contribution is -0.162. The summed E-state index contributed by atoms with van der Waals surface area (Å²) in [4.78, 5) is 24.0. The van der Waals surface area contributed by atoms with Crippen LogP contribution in [0.25, 0.3) is 0 Å². The maximum atomic E-state index is 12.5. The molecule has 4 aliphatic rings. The van der Waals surface area contributed by atoms with Gasteiger partial charge in [-0.2, -0.15) is 0 Å². The van der Waals surface area contributed by atoms with Crippen molar-refractivity contribution in [3.8, 4) is 0 Å². The summed E-state index contributed by atoms with van der Waals surface area (Å²) in [5.41, 5.74) is -0.162. The van der Waals surface area contributed by atoms with Crippen LogP contribution in [0.3, 0.4) is 0 Å². The third kappa shape index (κ3) is 2.53. The van der Waals surface area contributed by atoms with Gasteiger partial charge in [0.1, 0.15) is 0 Å². The van der Waals surface area contributed by atoms with Crippen molar-refractivity contribution in [1.29, 1.82) is 0 Å². The van der Waals surface area contributed by atoms with Crippen LogP contribution in [0.15, 0.2) is 0 Å². The molecule has 4 saturated carbocycles. The molecule has 4 rings (SSSR count). The summed E-state index contributed by atoms with van der Waals surface area (Å²) >= 11 is 0. The minimum atomic E-state index is -0.521. The summed E-state index contributed by atoms with van der Waals surface area (Å²) in [5, 5.41) is 10.00. The maximum Gasteiger partial charge on any atom is 0.303 e. The molecule has 4 aliphatic carbocycles. The van der Waals surface area contributed by atoms with Gasteiger partial charge >= 0.3 is 5.97 Å². The number of Topliss-reactive ketones (excluding diaryl/α,β-unsaturated/α-hetero) is 1. The van der Waals surface area contributed by atoms with E-state index in [1.807, 2.05) is 0 Å². The molecule has 0 saturated heterocycles. The number of ketones is 1. The monoisotopic (exact) mass is 334 g/mol. The van der Waals surface area contributed by atoms with E-state index < -0.39 is 6.10 Å². The number of esters is 1. The molecule has 4 fully saturated rings. The van der Waals surface area contributed by atoms with E-state index in [2.05, 4.69) is 6.92 Å². The minimum Gasteiger partial charge on any atom is -0.454 e. The van der Waals surface area contributed by atoms with Crippen molar-refractivity contribution in [1.82, 2.24) is 0 Å². The van der Waals surface area contributed by atoms with Gasteiger partial charge in [0, 0.05) is 18.8 Å². The summed E-state index contributed by atoms with van der Waals surface area (Å²) in [6.45, 7) is 3.59. The molecule has 8 atom stereocenters. The number of ether oxygens (including phenoxy) is 1. The Labute approximate surface area is 144 Å². The Hall–Kier alpha value is -0.900. The van der Waals surface area contributed by atoms with E-state index in [1.165, 1.54) is 19.8 Å². The van der Waals surface area contributed by atoms with Crippen molar-refractivity contribution in [2.45, 2.75) is 77.4 Å². The molecule has 0 aromatic rings. The van der Waals surface area contributed by atoms with Crippen molar-refractivity contribution < 1.29 is 19.4 Å². The smallest absolute Gasteiger partial charge is 0.303 e. The fourth-order valence-electron chi connectivity index (χ4n) is 6.82. The lowest BCUT2D eigenvalue weighted by Gasteiger charge is -2.54. The van der Waals surface area contributed by atoms with E-state index in [4.69, 9.17) is 4.74 Å². The van der Waals surface area contributed by atoms with Crippen LogP contribution in [0.2, 0.25) is 0 Å². The molecule has 0 bridgehead atoms. The Morgan fingerprint density at radius 2 is 1.88 bits per heavy atom. The number of aliphatic hydroxyl groups excluding tert-OH is 1. The lowest BCUT2D eigenvalue weighted by atomic mass is 9.51. The van der Waals surface area contributed by atoms with E-state index in [-0.39, 0.29) is 23.3 Å². The Morgan fingerprint density at radius 1 is 1.12 bits per heavy atom. The molecule has 4 heteroatoms. The fraction of sp³-hybridized carbons (Fsp3) is 0.900. The first-order valence-corrected chi connectivity index (χ1v) is 9.76. The Kier molecular flexibility index (Phi) is 4.02. The highest BCUT2D eigenvalue weighted by molar-refractivity contribution is 5.88. The quantitative estimate of drug-likeness (QED) is 0.748. The largest absolute Gasteiger partial charge is 0.454 e. The molecule has 1 N–H and O–H groups in total. The molecule has 0 unspecified atom stereocenters. The van der Waals surface area contributed by atoms with Crippen LogP contribution in [0.5, 0.6) is 0 Å². The molecule has 0 spiro atoms. The molecule has 0 radical (unpaired) electrons. The molecule has 0 aromatic carbocycles. The highest BCUT2D eigenvalue weighted by Crippen LogP contribution is 2.61. The van der Waals surface area contributed by atoms with Crippen LogP contribution in [0.4, 0.5) is 0 Å². The van der Waals surface area contributed by atoms with Crippen molar-refractivity contribution in [2.24, 2.45) is 35.0 Å². The number of carbonyl (C=O) groups is 2. The SMILES string of the molecule is CC(=O)O[C@@H]1C(=O)C[C@@H]2C[C@H]3[C@@H](CC[C@H]4C[C@H](O)CC[C@@H]43)C[C@]21C. The number of hydrogen-bond donors (Lipinski definition) is 1. The highest BCUT2D eigenvalue weighted by Gasteiger charge is 2.59. The molecule has 0 amide bonds. The summed E-state index contributed by atoms with van der Waals surface area (Å²) in [5.74, 6) is 2.95. The van der Waals surface area contributed by atoms with E-state index in [1.54, 1.807) is 0 Å². The number of aliphatic hydroxyl groups is 1. The van der Waals surface area contributed by atoms with Gasteiger partial charge in [-0.25, -0.2) is 0 Å². The predicted octanol–water partition coefficient (Wildman–Crippen LogP) is 3.11. The number of fused-ring (bicyclic) bond motifs is 4. The van der Waals surface area contributed by atoms with Crippen LogP contribution in [-0.4, -0.2) is 29.1 Å². The van der Waals surface area contributed by atoms with E-state index in [0.717, 1.165) is 38.0 Å². The van der Waals surface area contributed by atoms with Gasteiger partial charge in [-0.3, -0.25) is 9.59 Å². The standard InChI is InChI=1S/C20H30O4/c1-11(21)24-19-18(23)9-14-8-17-13(10-20(14,19)2)4-3-12-7-15(22)5-6-16(12)17/h12-17,19,22H,3-10H2,1-2H3/t12-,13-,14-,15+,16-,17-,19+,20+/m0/s1. The minimum absolute atomic E-state index is 0.0990. The van der Waals surface area contributed by atoms with Gasteiger partial charge in [0.2, 0.25) is 0 Å². The highest BCUT2D eigenvalue weighted by atomic mass is 16.5. The third-order valence-corrected chi connectivity index (χ3v) is 7.89. The van der Waals surface area contributed by atoms with Gasteiger partial charge in [-0.1, -0.05) is 6.92 Å². The average Bonchev–Trinajstić information content (AvgIpc) is 2.75. The zero-order valence-electron chi connectivity index (χ0n) is 14.9. The summed E-state index contributed by atoms with van der Waals surface area (Å²) in [6, 6.07) is 0. The lowest BCUT2D eigenvalue weighted by Crippen LogP contribution is -2.49. The molecular weight excluding hydrogens is 304 g/mol. The Bertz CT molecular complexity index is 544. The van der Waals surface area contributed by atoms with Gasteiger partial charge in [-0.05, 0) is 74.5 Å². The fourth-order valence-corrected chi connectivity index (χ4v) is 6.82. The molecule has 24 heavy (non-hydrogen) atoms. The Morgan fingerprint density at radius 3 is 2.62 bits per heavy atom. The first-order chi connectivity index (χ1) is 11.4. The van der Waals surface area contributed by atoms with Crippen LogP contribution in [0.1, 0.15) is 65.2 Å². The maximum absolute atomic E-state index is 12.5. The van der Waals surface area contributed by atoms with E-state index in [0.29, 0.717) is 30.1 Å². The summed E-state index contributed by atoms with van der Waals surface area (Å²) < 4.78 is 5.47. The molecule has 134 valence electrons. The van der Waals surface area contributed by atoms with Gasteiger partial charge in [-0.15, -0.1) is 0 Å². The second-order valence-electron chi connectivity index (χ2n) is 9.19. The van der Waals surface area contributed by atoms with Gasteiger partial charge < -0.3 is 9.84 Å². The van der Waals surface area contributed by atoms with Gasteiger partial charge in [0.25, 0.3) is 0 Å². The number of carbonyl (C=O) groups excluding carboxylic acids is 2. The van der Waals surface area contributed by atoms with Crippen LogP contribution >= 0.6 is 0 Å². The van der Waals surface area contributed by atoms with Gasteiger partial charge in [0.15, 0.2) is 11.9 Å². The van der Waals surface area contributed by atoms with Crippen LogP contribution < -0.4 is 0 Å². The molecule has 0 aliphatic heterocycles. The van der Waals surface area contributed by atoms with Crippen molar-refractivity contribution in [2.75, 3.05) is 0 Å². The summed E-state index contributed by atoms with van der Waals surface area (Å²) in [7, 11) is 0. The van der Waals surface area contributed by atoms with Crippen LogP contribution in [-0.2, 0) is 14.3 Å². The van der Waals surface area contributed by atoms with E-state index in [9.17, 15) is 14.7 Å². The molecule has 4 nitrogen and oxygen atoms in total. The van der Waals surface area contributed by atoms with Crippen molar-refractivity contribution in [3.63, 3.8) is 0 Å². The topological polar surface area (TPSA) is 63.6 Å². The zero-order valence-corrected chi connectivity index (χ0v) is 14.9. The Balaban J connectivity index is 1.55. The number of hydrogen-bond acceptors (Lipinski definition) is 4. The summed E-state index contributed by atoms with van der Waals surface area (Å²) in [6.07, 6.45) is 7.60. The molecule has 0 heterocycles. The second kappa shape index (κ2) is 5.82. The van der Waals surface area contributed by atoms with Gasteiger partial charge in [0.05, 0.1) is 6.10 Å². The molecule has 0 aromatic heterocycles. The average molecular weight is 334 g/mol. The second-order valence-corrected chi connectivity index (χ2v) is 9.19. The van der Waals surface area contributed by atoms with E-state index >= 15 is 0 Å². The van der Waals surface area contributed by atoms with Crippen LogP contribution in [0, 0.1) is 35.0 Å². The zero-order chi connectivity index (χ0) is 17.1. The molecular formula is C20H30O4. The first-order valence-electron chi connectivity index (χ1n) is 9.76. The predicted molar refractivity (Wildman–Crippen MR) is 89.1 cm³/mol. The normalized spacial score (nSPS) is 50.6. The number of rotatable bonds is 1. The first kappa shape index (κ1) is 16.6. The van der Waals surface area contributed by atoms with Crippen molar-refractivity contribution >= 4 is 11.8 Å². The van der Waals surface area contributed by atoms with Crippen molar-refractivity contribution in [3.05, 3.63) is 0 Å². The third-order valence-electron chi connectivity index (χ3n) is 7.89.